The highest BCUT2D eigenvalue weighted by atomic mass is 35.5. The molecule has 1 atom stereocenters. The lowest BCUT2D eigenvalue weighted by molar-refractivity contribution is 0.0736. The molecule has 108 valence electrons. The molecule has 0 aliphatic carbocycles. The lowest BCUT2D eigenvalue weighted by Crippen LogP contribution is -2.37. The standard InChI is InChI=1S/C17H17ClN2O/c18-16-12-19-9-8-15(16)17(21)20-10-4-7-14(20)11-13-5-2-1-3-6-13/h1-3,5-6,8-9,12,14H,4,7,10-11H2. The quantitative estimate of drug-likeness (QED) is 0.868. The van der Waals surface area contributed by atoms with E-state index in [1.54, 1.807) is 12.3 Å². The zero-order chi connectivity index (χ0) is 14.7. The van der Waals surface area contributed by atoms with Crippen LogP contribution >= 0.6 is 11.6 Å². The number of likely N-dealkylation sites (tertiary alicyclic amines) is 1. The third kappa shape index (κ3) is 3.08. The van der Waals surface area contributed by atoms with Gasteiger partial charge in [-0.2, -0.15) is 0 Å². The molecule has 4 heteroatoms. The third-order valence-electron chi connectivity index (χ3n) is 3.96. The van der Waals surface area contributed by atoms with Gasteiger partial charge in [0.15, 0.2) is 0 Å². The number of hydrogen-bond acceptors (Lipinski definition) is 2. The molecule has 1 aliphatic rings. The van der Waals surface area contributed by atoms with E-state index in [1.807, 2.05) is 23.1 Å². The molecule has 1 amide bonds. The highest BCUT2D eigenvalue weighted by Gasteiger charge is 2.30. The monoisotopic (exact) mass is 300 g/mol. The Morgan fingerprint density at radius 3 is 2.86 bits per heavy atom. The Bertz CT molecular complexity index is 630. The van der Waals surface area contributed by atoms with Crippen LogP contribution in [0.15, 0.2) is 48.8 Å². The molecule has 2 aromatic rings. The Labute approximate surface area is 129 Å². The summed E-state index contributed by atoms with van der Waals surface area (Å²) in [7, 11) is 0. The van der Waals surface area contributed by atoms with Crippen LogP contribution in [0, 0.1) is 0 Å². The molecule has 1 fully saturated rings. The molecular formula is C17H17ClN2O. The maximum atomic E-state index is 12.7. The van der Waals surface area contributed by atoms with Crippen molar-refractivity contribution < 1.29 is 4.79 Å². The summed E-state index contributed by atoms with van der Waals surface area (Å²) in [5.41, 5.74) is 1.81. The van der Waals surface area contributed by atoms with Gasteiger partial charge in [0, 0.05) is 25.0 Å². The second kappa shape index (κ2) is 6.27. The SMILES string of the molecule is O=C(c1ccncc1Cl)N1CCCC1Cc1ccccc1. The van der Waals surface area contributed by atoms with Crippen molar-refractivity contribution in [1.29, 1.82) is 0 Å². The fourth-order valence-electron chi connectivity index (χ4n) is 2.90. The second-order valence-corrected chi connectivity index (χ2v) is 5.75. The number of benzene rings is 1. The molecule has 1 aromatic heterocycles. The molecule has 1 aromatic carbocycles. The Hall–Kier alpha value is -1.87. The van der Waals surface area contributed by atoms with Gasteiger partial charge in [-0.15, -0.1) is 0 Å². The summed E-state index contributed by atoms with van der Waals surface area (Å²) in [5.74, 6) is 0.0147. The van der Waals surface area contributed by atoms with Crippen molar-refractivity contribution in [2.45, 2.75) is 25.3 Å². The van der Waals surface area contributed by atoms with Gasteiger partial charge in [0.05, 0.1) is 10.6 Å². The van der Waals surface area contributed by atoms with Gasteiger partial charge in [-0.3, -0.25) is 9.78 Å². The van der Waals surface area contributed by atoms with Crippen molar-refractivity contribution in [2.24, 2.45) is 0 Å². The van der Waals surface area contributed by atoms with Gasteiger partial charge in [0.25, 0.3) is 5.91 Å². The van der Waals surface area contributed by atoms with Crippen molar-refractivity contribution in [3.8, 4) is 0 Å². The van der Waals surface area contributed by atoms with E-state index in [4.69, 9.17) is 11.6 Å². The molecule has 1 saturated heterocycles. The highest BCUT2D eigenvalue weighted by Crippen LogP contribution is 2.25. The average molecular weight is 301 g/mol. The number of carbonyl (C=O) groups is 1. The summed E-state index contributed by atoms with van der Waals surface area (Å²) in [6.07, 6.45) is 6.13. The third-order valence-corrected chi connectivity index (χ3v) is 4.26. The Kier molecular flexibility index (Phi) is 4.20. The summed E-state index contributed by atoms with van der Waals surface area (Å²) >= 11 is 6.10. The highest BCUT2D eigenvalue weighted by molar-refractivity contribution is 6.33. The first-order chi connectivity index (χ1) is 10.3. The number of halogens is 1. The molecule has 3 nitrogen and oxygen atoms in total. The fraction of sp³-hybridized carbons (Fsp3) is 0.294. The summed E-state index contributed by atoms with van der Waals surface area (Å²) in [5, 5.41) is 0.424. The Morgan fingerprint density at radius 2 is 2.10 bits per heavy atom. The van der Waals surface area contributed by atoms with E-state index in [9.17, 15) is 4.79 Å². The molecule has 0 spiro atoms. The van der Waals surface area contributed by atoms with Crippen molar-refractivity contribution in [2.75, 3.05) is 6.54 Å². The predicted molar refractivity (Wildman–Crippen MR) is 83.5 cm³/mol. The molecule has 21 heavy (non-hydrogen) atoms. The van der Waals surface area contributed by atoms with E-state index in [2.05, 4.69) is 17.1 Å². The Morgan fingerprint density at radius 1 is 1.29 bits per heavy atom. The minimum Gasteiger partial charge on any atom is -0.335 e. The van der Waals surface area contributed by atoms with Crippen molar-refractivity contribution in [3.63, 3.8) is 0 Å². The van der Waals surface area contributed by atoms with Crippen LogP contribution in [-0.2, 0) is 6.42 Å². The maximum absolute atomic E-state index is 12.7. The second-order valence-electron chi connectivity index (χ2n) is 5.34. The first kappa shape index (κ1) is 14.1. The van der Waals surface area contributed by atoms with Gasteiger partial charge in [-0.1, -0.05) is 41.9 Å². The molecule has 2 heterocycles. The average Bonchev–Trinajstić information content (AvgIpc) is 2.96. The van der Waals surface area contributed by atoms with E-state index in [1.165, 1.54) is 11.8 Å². The number of pyridine rings is 1. The first-order valence-electron chi connectivity index (χ1n) is 7.20. The van der Waals surface area contributed by atoms with Gasteiger partial charge >= 0.3 is 0 Å². The number of carbonyl (C=O) groups excluding carboxylic acids is 1. The first-order valence-corrected chi connectivity index (χ1v) is 7.58. The molecule has 0 bridgehead atoms. The molecule has 3 rings (SSSR count). The lowest BCUT2D eigenvalue weighted by Gasteiger charge is -2.25. The van der Waals surface area contributed by atoms with Gasteiger partial charge < -0.3 is 4.90 Å². The van der Waals surface area contributed by atoms with Crippen LogP contribution in [0.25, 0.3) is 0 Å². The molecular weight excluding hydrogens is 284 g/mol. The van der Waals surface area contributed by atoms with Gasteiger partial charge in [0.1, 0.15) is 0 Å². The summed E-state index contributed by atoms with van der Waals surface area (Å²) in [4.78, 5) is 18.6. The van der Waals surface area contributed by atoms with Crippen LogP contribution in [0.5, 0.6) is 0 Å². The van der Waals surface area contributed by atoms with E-state index in [-0.39, 0.29) is 11.9 Å². The Balaban J connectivity index is 1.78. The topological polar surface area (TPSA) is 33.2 Å². The number of nitrogens with zero attached hydrogens (tertiary/aromatic N) is 2. The molecule has 1 aliphatic heterocycles. The smallest absolute Gasteiger partial charge is 0.255 e. The van der Waals surface area contributed by atoms with Crippen molar-refractivity contribution >= 4 is 17.5 Å². The number of aromatic nitrogens is 1. The molecule has 0 N–H and O–H groups in total. The van der Waals surface area contributed by atoms with Crippen molar-refractivity contribution in [1.82, 2.24) is 9.88 Å². The van der Waals surface area contributed by atoms with Crippen LogP contribution < -0.4 is 0 Å². The lowest BCUT2D eigenvalue weighted by atomic mass is 10.0. The molecule has 1 unspecified atom stereocenters. The number of rotatable bonds is 3. The normalized spacial score (nSPS) is 18.0. The fourth-order valence-corrected chi connectivity index (χ4v) is 3.10. The largest absolute Gasteiger partial charge is 0.335 e. The molecule has 0 radical (unpaired) electrons. The number of amides is 1. The van der Waals surface area contributed by atoms with Gasteiger partial charge in [0.2, 0.25) is 0 Å². The summed E-state index contributed by atoms with van der Waals surface area (Å²) in [6, 6.07) is 12.3. The van der Waals surface area contributed by atoms with Crippen LogP contribution in [0.3, 0.4) is 0 Å². The van der Waals surface area contributed by atoms with Crippen LogP contribution in [0.2, 0.25) is 5.02 Å². The van der Waals surface area contributed by atoms with Gasteiger partial charge in [-0.05, 0) is 30.9 Å². The van der Waals surface area contributed by atoms with E-state index in [0.717, 1.165) is 25.8 Å². The predicted octanol–water partition coefficient (Wildman–Crippen LogP) is 3.58. The summed E-state index contributed by atoms with van der Waals surface area (Å²) < 4.78 is 0. The number of hydrogen-bond donors (Lipinski definition) is 0. The van der Waals surface area contributed by atoms with E-state index in [0.29, 0.717) is 10.6 Å². The van der Waals surface area contributed by atoms with E-state index >= 15 is 0 Å². The minimum absolute atomic E-state index is 0.0147. The van der Waals surface area contributed by atoms with Gasteiger partial charge in [-0.25, -0.2) is 0 Å². The zero-order valence-electron chi connectivity index (χ0n) is 11.7. The van der Waals surface area contributed by atoms with Crippen LogP contribution in [0.4, 0.5) is 0 Å². The van der Waals surface area contributed by atoms with Crippen LogP contribution in [-0.4, -0.2) is 28.4 Å². The van der Waals surface area contributed by atoms with Crippen molar-refractivity contribution in [3.05, 3.63) is 64.9 Å². The van der Waals surface area contributed by atoms with Crippen LogP contribution in [0.1, 0.15) is 28.8 Å². The minimum atomic E-state index is 0.0147. The zero-order valence-corrected chi connectivity index (χ0v) is 12.5. The molecule has 0 saturated carbocycles. The summed E-state index contributed by atoms with van der Waals surface area (Å²) in [6.45, 7) is 0.801. The maximum Gasteiger partial charge on any atom is 0.255 e. The van der Waals surface area contributed by atoms with E-state index < -0.39 is 0 Å².